The number of nitrogens with zero attached hydrogens (tertiary/aromatic N) is 1. The van der Waals surface area contributed by atoms with Gasteiger partial charge in [0.25, 0.3) is 0 Å². The van der Waals surface area contributed by atoms with Crippen molar-refractivity contribution in [3.63, 3.8) is 0 Å². The first-order chi connectivity index (χ1) is 6.90. The highest BCUT2D eigenvalue weighted by Gasteiger charge is 2.20. The van der Waals surface area contributed by atoms with Crippen molar-refractivity contribution in [1.29, 1.82) is 0 Å². The lowest BCUT2D eigenvalue weighted by atomic mass is 10.1. The van der Waals surface area contributed by atoms with Crippen LogP contribution >= 0.6 is 0 Å². The minimum atomic E-state index is 0.644. The fourth-order valence-corrected chi connectivity index (χ4v) is 2.07. The molecule has 1 saturated carbocycles. The fraction of sp³-hybridized carbons (Fsp3) is 0.727. The summed E-state index contributed by atoms with van der Waals surface area (Å²) in [5, 5.41) is 3.09. The molecule has 1 aliphatic carbocycles. The van der Waals surface area contributed by atoms with Gasteiger partial charge in [0, 0.05) is 18.9 Å². The van der Waals surface area contributed by atoms with Gasteiger partial charge in [-0.3, -0.25) is 0 Å². The van der Waals surface area contributed by atoms with E-state index in [0.29, 0.717) is 5.92 Å². The Labute approximate surface area is 84.9 Å². The first-order valence-electron chi connectivity index (χ1n) is 5.49. The van der Waals surface area contributed by atoms with Crippen LogP contribution < -0.4 is 5.32 Å². The van der Waals surface area contributed by atoms with Crippen molar-refractivity contribution < 1.29 is 4.42 Å². The number of oxazole rings is 1. The van der Waals surface area contributed by atoms with Gasteiger partial charge >= 0.3 is 0 Å². The maximum Gasteiger partial charge on any atom is 0.195 e. The summed E-state index contributed by atoms with van der Waals surface area (Å²) in [5.41, 5.74) is 0. The molecular weight excluding hydrogens is 176 g/mol. The third-order valence-corrected chi connectivity index (χ3v) is 2.92. The van der Waals surface area contributed by atoms with Crippen molar-refractivity contribution >= 4 is 0 Å². The van der Waals surface area contributed by atoms with E-state index in [4.69, 9.17) is 4.42 Å². The molecule has 3 nitrogen and oxygen atoms in total. The minimum absolute atomic E-state index is 0.644. The summed E-state index contributed by atoms with van der Waals surface area (Å²) in [6, 6.07) is 0. The molecule has 0 amide bonds. The molecule has 14 heavy (non-hydrogen) atoms. The maximum atomic E-state index is 5.72. The summed E-state index contributed by atoms with van der Waals surface area (Å²) >= 11 is 0. The second-order valence-electron chi connectivity index (χ2n) is 3.99. The third kappa shape index (κ3) is 2.15. The molecule has 1 aliphatic rings. The Morgan fingerprint density at radius 2 is 2.29 bits per heavy atom. The molecule has 1 N–H and O–H groups in total. The van der Waals surface area contributed by atoms with Crippen LogP contribution in [0.2, 0.25) is 0 Å². The average Bonchev–Trinajstić information content (AvgIpc) is 2.85. The van der Waals surface area contributed by atoms with E-state index in [1.54, 1.807) is 0 Å². The number of rotatable bonds is 4. The molecule has 2 rings (SSSR count). The van der Waals surface area contributed by atoms with Crippen LogP contribution in [0.15, 0.2) is 10.6 Å². The summed E-state index contributed by atoms with van der Waals surface area (Å²) in [4.78, 5) is 4.29. The minimum Gasteiger partial charge on any atom is -0.445 e. The number of hydrogen-bond donors (Lipinski definition) is 1. The molecule has 0 spiro atoms. The lowest BCUT2D eigenvalue weighted by Gasteiger charge is -2.02. The average molecular weight is 194 g/mol. The predicted molar refractivity (Wildman–Crippen MR) is 55.3 cm³/mol. The van der Waals surface area contributed by atoms with Gasteiger partial charge in [-0.15, -0.1) is 0 Å². The van der Waals surface area contributed by atoms with Crippen LogP contribution in [0.3, 0.4) is 0 Å². The summed E-state index contributed by atoms with van der Waals surface area (Å²) in [6.07, 6.45) is 8.06. The first-order valence-corrected chi connectivity index (χ1v) is 5.49. The van der Waals surface area contributed by atoms with Crippen molar-refractivity contribution in [2.45, 2.75) is 38.0 Å². The van der Waals surface area contributed by atoms with E-state index in [1.165, 1.54) is 25.7 Å². The normalized spacial score (nSPS) is 17.8. The molecular formula is C11H18N2O. The molecule has 3 heteroatoms. The Morgan fingerprint density at radius 3 is 3.00 bits per heavy atom. The van der Waals surface area contributed by atoms with Crippen molar-refractivity contribution in [3.8, 4) is 0 Å². The fourth-order valence-electron chi connectivity index (χ4n) is 2.07. The first kappa shape index (κ1) is 9.71. The Balaban J connectivity index is 1.94. The highest BCUT2D eigenvalue weighted by atomic mass is 16.4. The van der Waals surface area contributed by atoms with Gasteiger partial charge in [-0.2, -0.15) is 0 Å². The molecule has 0 radical (unpaired) electrons. The van der Waals surface area contributed by atoms with Gasteiger partial charge < -0.3 is 9.73 Å². The van der Waals surface area contributed by atoms with E-state index in [2.05, 4.69) is 10.3 Å². The second kappa shape index (κ2) is 4.60. The number of likely N-dealkylation sites (N-methyl/N-ethyl adjacent to an activating group) is 1. The van der Waals surface area contributed by atoms with Gasteiger partial charge in [0.2, 0.25) is 0 Å². The van der Waals surface area contributed by atoms with Gasteiger partial charge in [-0.25, -0.2) is 4.98 Å². The summed E-state index contributed by atoms with van der Waals surface area (Å²) in [7, 11) is 1.95. The van der Waals surface area contributed by atoms with Crippen molar-refractivity contribution in [2.75, 3.05) is 13.6 Å². The molecule has 0 atom stereocenters. The quantitative estimate of drug-likeness (QED) is 0.797. The molecule has 1 fully saturated rings. The maximum absolute atomic E-state index is 5.72. The van der Waals surface area contributed by atoms with Crippen LogP contribution in [0.25, 0.3) is 0 Å². The molecule has 0 saturated heterocycles. The molecule has 0 bridgehead atoms. The van der Waals surface area contributed by atoms with Gasteiger partial charge in [-0.05, 0) is 19.9 Å². The predicted octanol–water partition coefficient (Wildman–Crippen LogP) is 2.09. The summed E-state index contributed by atoms with van der Waals surface area (Å²) in [6.45, 7) is 0.935. The van der Waals surface area contributed by atoms with Crippen molar-refractivity contribution in [2.24, 2.45) is 0 Å². The van der Waals surface area contributed by atoms with Gasteiger partial charge in [0.05, 0.1) is 6.20 Å². The number of aromatic nitrogens is 1. The van der Waals surface area contributed by atoms with E-state index < -0.39 is 0 Å². The smallest absolute Gasteiger partial charge is 0.195 e. The van der Waals surface area contributed by atoms with Crippen LogP contribution in [-0.2, 0) is 6.42 Å². The molecule has 1 aromatic rings. The molecule has 1 heterocycles. The SMILES string of the molecule is CNCCc1ncc(C2CCCC2)o1. The molecule has 0 aliphatic heterocycles. The number of hydrogen-bond acceptors (Lipinski definition) is 3. The summed E-state index contributed by atoms with van der Waals surface area (Å²) < 4.78 is 5.72. The van der Waals surface area contributed by atoms with Gasteiger partial charge in [-0.1, -0.05) is 12.8 Å². The Kier molecular flexibility index (Phi) is 3.19. The van der Waals surface area contributed by atoms with E-state index >= 15 is 0 Å². The van der Waals surface area contributed by atoms with Crippen molar-refractivity contribution in [1.82, 2.24) is 10.3 Å². The van der Waals surface area contributed by atoms with Crippen LogP contribution in [0, 0.1) is 0 Å². The Bertz CT molecular complexity index is 277. The molecule has 0 unspecified atom stereocenters. The molecule has 78 valence electrons. The lowest BCUT2D eigenvalue weighted by Crippen LogP contribution is -2.10. The second-order valence-corrected chi connectivity index (χ2v) is 3.99. The topological polar surface area (TPSA) is 38.1 Å². The van der Waals surface area contributed by atoms with E-state index in [0.717, 1.165) is 24.6 Å². The largest absolute Gasteiger partial charge is 0.445 e. The van der Waals surface area contributed by atoms with Crippen LogP contribution in [0.5, 0.6) is 0 Å². The standard InChI is InChI=1S/C11H18N2O/c1-12-7-6-11-13-8-10(14-11)9-4-2-3-5-9/h8-9,12H,2-7H2,1H3. The van der Waals surface area contributed by atoms with Crippen LogP contribution in [0.4, 0.5) is 0 Å². The van der Waals surface area contributed by atoms with E-state index in [-0.39, 0.29) is 0 Å². The van der Waals surface area contributed by atoms with E-state index in [1.807, 2.05) is 13.2 Å². The van der Waals surface area contributed by atoms with Gasteiger partial charge in [0.15, 0.2) is 5.89 Å². The zero-order valence-corrected chi connectivity index (χ0v) is 8.75. The number of nitrogens with one attached hydrogen (secondary N) is 1. The molecule has 1 aromatic heterocycles. The monoisotopic (exact) mass is 194 g/mol. The zero-order valence-electron chi connectivity index (χ0n) is 8.75. The van der Waals surface area contributed by atoms with Gasteiger partial charge in [0.1, 0.15) is 5.76 Å². The lowest BCUT2D eigenvalue weighted by molar-refractivity contribution is 0.422. The highest BCUT2D eigenvalue weighted by molar-refractivity contribution is 5.03. The Morgan fingerprint density at radius 1 is 1.50 bits per heavy atom. The van der Waals surface area contributed by atoms with Crippen molar-refractivity contribution in [3.05, 3.63) is 17.8 Å². The zero-order chi connectivity index (χ0) is 9.80. The summed E-state index contributed by atoms with van der Waals surface area (Å²) in [5.74, 6) is 2.63. The Hall–Kier alpha value is -0.830. The van der Waals surface area contributed by atoms with Crippen LogP contribution in [-0.4, -0.2) is 18.6 Å². The third-order valence-electron chi connectivity index (χ3n) is 2.92. The molecule has 0 aromatic carbocycles. The van der Waals surface area contributed by atoms with E-state index in [9.17, 15) is 0 Å². The van der Waals surface area contributed by atoms with Crippen LogP contribution in [0.1, 0.15) is 43.3 Å². The highest BCUT2D eigenvalue weighted by Crippen LogP contribution is 2.34.